The first-order chi connectivity index (χ1) is 14.6. The number of amides is 1. The second-order valence-electron chi connectivity index (χ2n) is 7.47. The van der Waals surface area contributed by atoms with E-state index in [1.54, 1.807) is 12.1 Å². The van der Waals surface area contributed by atoms with Crippen LogP contribution >= 0.6 is 0 Å². The van der Waals surface area contributed by atoms with Crippen molar-refractivity contribution in [2.75, 3.05) is 13.2 Å². The number of rotatable bonds is 6. The van der Waals surface area contributed by atoms with E-state index < -0.39 is 11.1 Å². The molecule has 1 aliphatic heterocycles. The second-order valence-corrected chi connectivity index (χ2v) is 7.47. The minimum atomic E-state index is -0.547. The second kappa shape index (κ2) is 8.67. The Morgan fingerprint density at radius 3 is 2.33 bits per heavy atom. The molecule has 7 heteroatoms. The van der Waals surface area contributed by atoms with E-state index in [1.807, 2.05) is 43.3 Å². The predicted molar refractivity (Wildman–Crippen MR) is 115 cm³/mol. The van der Waals surface area contributed by atoms with E-state index in [1.165, 1.54) is 9.13 Å². The SMILES string of the molecule is CCn1c(=O)c(=O)n(Cc2ccc(C(=O)NCC3CCCO3)cc2)c2ccccc21. The van der Waals surface area contributed by atoms with Gasteiger partial charge in [0.1, 0.15) is 0 Å². The van der Waals surface area contributed by atoms with Crippen molar-refractivity contribution in [2.45, 2.75) is 39.0 Å². The summed E-state index contributed by atoms with van der Waals surface area (Å²) in [5.74, 6) is -0.148. The number of para-hydroxylation sites is 2. The average molecular weight is 407 g/mol. The van der Waals surface area contributed by atoms with E-state index in [4.69, 9.17) is 4.74 Å². The highest BCUT2D eigenvalue weighted by molar-refractivity contribution is 5.94. The van der Waals surface area contributed by atoms with Crippen LogP contribution in [0.1, 0.15) is 35.7 Å². The van der Waals surface area contributed by atoms with Gasteiger partial charge in [-0.1, -0.05) is 24.3 Å². The number of nitrogens with one attached hydrogen (secondary N) is 1. The number of nitrogens with zero attached hydrogens (tertiary/aromatic N) is 2. The number of ether oxygens (including phenoxy) is 1. The Morgan fingerprint density at radius 2 is 1.70 bits per heavy atom. The van der Waals surface area contributed by atoms with Crippen LogP contribution < -0.4 is 16.4 Å². The molecule has 1 fully saturated rings. The zero-order valence-electron chi connectivity index (χ0n) is 17.0. The van der Waals surface area contributed by atoms with Gasteiger partial charge in [0.25, 0.3) is 5.91 Å². The third kappa shape index (κ3) is 3.93. The van der Waals surface area contributed by atoms with Crippen molar-refractivity contribution in [2.24, 2.45) is 0 Å². The fourth-order valence-electron chi connectivity index (χ4n) is 3.90. The van der Waals surface area contributed by atoms with Crippen LogP contribution in [0, 0.1) is 0 Å². The smallest absolute Gasteiger partial charge is 0.317 e. The van der Waals surface area contributed by atoms with Gasteiger partial charge in [-0.25, -0.2) is 0 Å². The molecule has 30 heavy (non-hydrogen) atoms. The summed E-state index contributed by atoms with van der Waals surface area (Å²) in [6, 6.07) is 14.5. The Hall–Kier alpha value is -3.19. The molecule has 0 spiro atoms. The minimum absolute atomic E-state index is 0.0960. The maximum Gasteiger partial charge on any atom is 0.317 e. The van der Waals surface area contributed by atoms with Crippen LogP contribution in [0.4, 0.5) is 0 Å². The van der Waals surface area contributed by atoms with Crippen LogP contribution in [0.3, 0.4) is 0 Å². The van der Waals surface area contributed by atoms with Gasteiger partial charge in [-0.3, -0.25) is 19.0 Å². The highest BCUT2D eigenvalue weighted by Gasteiger charge is 2.17. The van der Waals surface area contributed by atoms with E-state index in [9.17, 15) is 14.4 Å². The topological polar surface area (TPSA) is 82.3 Å². The number of carbonyl (C=O) groups is 1. The number of hydrogen-bond acceptors (Lipinski definition) is 4. The van der Waals surface area contributed by atoms with Crippen molar-refractivity contribution < 1.29 is 9.53 Å². The summed E-state index contributed by atoms with van der Waals surface area (Å²) in [7, 11) is 0. The van der Waals surface area contributed by atoms with Gasteiger partial charge >= 0.3 is 11.1 Å². The first-order valence-electron chi connectivity index (χ1n) is 10.3. The summed E-state index contributed by atoms with van der Waals surface area (Å²) in [4.78, 5) is 37.6. The molecule has 7 nitrogen and oxygen atoms in total. The third-order valence-corrected chi connectivity index (χ3v) is 5.52. The Kier molecular flexibility index (Phi) is 5.81. The molecule has 0 aliphatic carbocycles. The van der Waals surface area contributed by atoms with Gasteiger partial charge in [0, 0.05) is 25.3 Å². The molecule has 3 aromatic rings. The number of benzene rings is 2. The largest absolute Gasteiger partial charge is 0.376 e. The molecular weight excluding hydrogens is 382 g/mol. The van der Waals surface area contributed by atoms with Crippen LogP contribution in [0.5, 0.6) is 0 Å². The lowest BCUT2D eigenvalue weighted by atomic mass is 10.1. The first-order valence-corrected chi connectivity index (χ1v) is 10.3. The maximum atomic E-state index is 12.7. The summed E-state index contributed by atoms with van der Waals surface area (Å²) in [5, 5.41) is 2.90. The molecule has 4 rings (SSSR count). The normalized spacial score (nSPS) is 16.1. The maximum absolute atomic E-state index is 12.7. The van der Waals surface area contributed by atoms with Gasteiger partial charge in [-0.2, -0.15) is 0 Å². The van der Waals surface area contributed by atoms with Gasteiger partial charge in [0.05, 0.1) is 23.7 Å². The van der Waals surface area contributed by atoms with Crippen LogP contribution in [0.2, 0.25) is 0 Å². The molecule has 0 saturated carbocycles. The highest BCUT2D eigenvalue weighted by Crippen LogP contribution is 2.14. The molecular formula is C23H25N3O4. The van der Waals surface area contributed by atoms with Gasteiger partial charge in [-0.15, -0.1) is 0 Å². The highest BCUT2D eigenvalue weighted by atomic mass is 16.5. The lowest BCUT2D eigenvalue weighted by Crippen LogP contribution is -2.41. The Labute approximate surface area is 173 Å². The molecule has 1 saturated heterocycles. The Balaban J connectivity index is 1.56. The number of aromatic nitrogens is 2. The van der Waals surface area contributed by atoms with Crippen molar-refractivity contribution in [1.29, 1.82) is 0 Å². The summed E-state index contributed by atoms with van der Waals surface area (Å²) < 4.78 is 8.51. The zero-order valence-corrected chi connectivity index (χ0v) is 17.0. The number of hydrogen-bond donors (Lipinski definition) is 1. The van der Waals surface area contributed by atoms with E-state index in [-0.39, 0.29) is 18.6 Å². The third-order valence-electron chi connectivity index (χ3n) is 5.52. The van der Waals surface area contributed by atoms with E-state index >= 15 is 0 Å². The average Bonchev–Trinajstić information content (AvgIpc) is 3.30. The minimum Gasteiger partial charge on any atom is -0.376 e. The van der Waals surface area contributed by atoms with Crippen molar-refractivity contribution >= 4 is 16.9 Å². The first kappa shape index (κ1) is 20.1. The lowest BCUT2D eigenvalue weighted by Gasteiger charge is -2.14. The molecule has 156 valence electrons. The molecule has 1 unspecified atom stereocenters. The van der Waals surface area contributed by atoms with Crippen LogP contribution in [0.15, 0.2) is 58.1 Å². The summed E-state index contributed by atoms with van der Waals surface area (Å²) >= 11 is 0. The zero-order chi connectivity index (χ0) is 21.1. The molecule has 1 amide bonds. The van der Waals surface area contributed by atoms with E-state index in [0.29, 0.717) is 24.2 Å². The summed E-state index contributed by atoms with van der Waals surface area (Å²) in [6.45, 7) is 3.81. The van der Waals surface area contributed by atoms with Crippen LogP contribution in [-0.4, -0.2) is 34.3 Å². The van der Waals surface area contributed by atoms with Crippen molar-refractivity contribution in [3.8, 4) is 0 Å². The van der Waals surface area contributed by atoms with Crippen LogP contribution in [0.25, 0.3) is 11.0 Å². The van der Waals surface area contributed by atoms with Crippen molar-refractivity contribution in [3.63, 3.8) is 0 Å². The van der Waals surface area contributed by atoms with E-state index in [0.717, 1.165) is 30.5 Å². The standard InChI is InChI=1S/C23H25N3O4/c1-2-25-19-7-3-4-8-20(19)26(23(29)22(25)28)15-16-9-11-17(12-10-16)21(27)24-14-18-6-5-13-30-18/h3-4,7-12,18H,2,5-6,13-15H2,1H3,(H,24,27). The Bertz CT molecular complexity index is 1170. The molecule has 1 N–H and O–H groups in total. The van der Waals surface area contributed by atoms with E-state index in [2.05, 4.69) is 5.32 Å². The van der Waals surface area contributed by atoms with Crippen LogP contribution in [-0.2, 0) is 17.8 Å². The summed E-state index contributed by atoms with van der Waals surface area (Å²) in [6.07, 6.45) is 2.10. The lowest BCUT2D eigenvalue weighted by molar-refractivity contribution is 0.0858. The van der Waals surface area contributed by atoms with Gasteiger partial charge in [-0.05, 0) is 49.6 Å². The molecule has 2 aromatic carbocycles. The van der Waals surface area contributed by atoms with Crippen molar-refractivity contribution in [3.05, 3.63) is 80.4 Å². The molecule has 0 bridgehead atoms. The van der Waals surface area contributed by atoms with Gasteiger partial charge < -0.3 is 14.6 Å². The Morgan fingerprint density at radius 1 is 1.03 bits per heavy atom. The molecule has 1 aliphatic rings. The summed E-state index contributed by atoms with van der Waals surface area (Å²) in [5.41, 5.74) is 1.76. The molecule has 1 aromatic heterocycles. The number of aryl methyl sites for hydroxylation is 1. The molecule has 0 radical (unpaired) electrons. The number of carbonyl (C=O) groups excluding carboxylic acids is 1. The molecule has 2 heterocycles. The van der Waals surface area contributed by atoms with Gasteiger partial charge in [0.15, 0.2) is 0 Å². The predicted octanol–water partition coefficient (Wildman–Crippen LogP) is 2.14. The molecule has 1 atom stereocenters. The fourth-order valence-corrected chi connectivity index (χ4v) is 3.90. The number of fused-ring (bicyclic) bond motifs is 1. The van der Waals surface area contributed by atoms with Gasteiger partial charge in [0.2, 0.25) is 0 Å². The fraction of sp³-hybridized carbons (Fsp3) is 0.348. The quantitative estimate of drug-likeness (QED) is 0.635. The monoisotopic (exact) mass is 407 g/mol. The van der Waals surface area contributed by atoms with Crippen molar-refractivity contribution in [1.82, 2.24) is 14.5 Å².